The van der Waals surface area contributed by atoms with Gasteiger partial charge in [-0.3, -0.25) is 9.59 Å². The zero-order chi connectivity index (χ0) is 14.3. The molecule has 1 aromatic carbocycles. The molecule has 0 aromatic heterocycles. The minimum absolute atomic E-state index is 0.0142. The molecule has 0 radical (unpaired) electrons. The number of amides is 1. The fourth-order valence-electron chi connectivity index (χ4n) is 1.36. The van der Waals surface area contributed by atoms with Crippen molar-refractivity contribution in [2.45, 2.75) is 6.42 Å². The molecule has 0 heterocycles. The van der Waals surface area contributed by atoms with E-state index in [4.69, 9.17) is 5.73 Å². The zero-order valence-electron chi connectivity index (χ0n) is 11.1. The normalized spacial score (nSPS) is 10.0. The fourth-order valence-corrected chi connectivity index (χ4v) is 2.18. The molecule has 0 fully saturated rings. The zero-order valence-corrected chi connectivity index (χ0v) is 11.9. The molecule has 2 N–H and O–H groups in total. The molecule has 0 saturated heterocycles. The SMILES string of the molecule is COC(=O)CCSCC(=O)N(C)c1ccc(N)cc1. The van der Waals surface area contributed by atoms with E-state index in [0.717, 1.165) is 5.69 Å². The van der Waals surface area contributed by atoms with E-state index in [0.29, 0.717) is 23.6 Å². The second-order valence-electron chi connectivity index (χ2n) is 3.92. The molecule has 0 atom stereocenters. The number of esters is 1. The molecule has 0 bridgehead atoms. The molecular formula is C13H18N2O3S. The largest absolute Gasteiger partial charge is 0.469 e. The number of rotatable bonds is 6. The van der Waals surface area contributed by atoms with Crippen molar-refractivity contribution in [3.8, 4) is 0 Å². The van der Waals surface area contributed by atoms with E-state index in [9.17, 15) is 9.59 Å². The molecular weight excluding hydrogens is 264 g/mol. The third kappa shape index (κ3) is 5.21. The average molecular weight is 282 g/mol. The van der Waals surface area contributed by atoms with Gasteiger partial charge >= 0.3 is 5.97 Å². The number of carbonyl (C=O) groups excluding carboxylic acids is 2. The Kier molecular flexibility index (Phi) is 6.21. The Morgan fingerprint density at radius 3 is 2.53 bits per heavy atom. The van der Waals surface area contributed by atoms with Crippen LogP contribution in [0.25, 0.3) is 0 Å². The van der Waals surface area contributed by atoms with Crippen LogP contribution in [0, 0.1) is 0 Å². The predicted octanol–water partition coefficient (Wildman–Crippen LogP) is 1.53. The van der Waals surface area contributed by atoms with Crippen LogP contribution >= 0.6 is 11.8 Å². The van der Waals surface area contributed by atoms with Gasteiger partial charge in [-0.15, -0.1) is 0 Å². The Hall–Kier alpha value is -1.69. The van der Waals surface area contributed by atoms with Crippen LogP contribution < -0.4 is 10.6 Å². The van der Waals surface area contributed by atoms with E-state index in [2.05, 4.69) is 4.74 Å². The number of methoxy groups -OCH3 is 1. The minimum atomic E-state index is -0.258. The van der Waals surface area contributed by atoms with E-state index >= 15 is 0 Å². The van der Waals surface area contributed by atoms with Crippen molar-refractivity contribution in [2.75, 3.05) is 36.3 Å². The highest BCUT2D eigenvalue weighted by Crippen LogP contribution is 2.16. The lowest BCUT2D eigenvalue weighted by molar-refractivity contribution is -0.140. The number of carbonyl (C=O) groups is 2. The topological polar surface area (TPSA) is 72.6 Å². The summed E-state index contributed by atoms with van der Waals surface area (Å²) in [6.45, 7) is 0. The number of benzene rings is 1. The Labute approximate surface area is 117 Å². The van der Waals surface area contributed by atoms with Gasteiger partial charge in [0.15, 0.2) is 0 Å². The molecule has 1 aromatic rings. The molecule has 1 amide bonds. The third-order valence-electron chi connectivity index (χ3n) is 2.56. The summed E-state index contributed by atoms with van der Waals surface area (Å²) in [5.41, 5.74) is 7.05. The Balaban J connectivity index is 2.36. The molecule has 19 heavy (non-hydrogen) atoms. The van der Waals surface area contributed by atoms with Crippen LogP contribution in [-0.4, -0.2) is 37.5 Å². The van der Waals surface area contributed by atoms with E-state index < -0.39 is 0 Å². The first-order chi connectivity index (χ1) is 9.04. The summed E-state index contributed by atoms with van der Waals surface area (Å²) in [5.74, 6) is 0.637. The molecule has 0 aliphatic rings. The second kappa shape index (κ2) is 7.68. The lowest BCUT2D eigenvalue weighted by Crippen LogP contribution is -2.28. The smallest absolute Gasteiger partial charge is 0.306 e. The summed E-state index contributed by atoms with van der Waals surface area (Å²) >= 11 is 1.41. The highest BCUT2D eigenvalue weighted by Gasteiger charge is 2.11. The number of hydrogen-bond acceptors (Lipinski definition) is 5. The predicted molar refractivity (Wildman–Crippen MR) is 78.2 cm³/mol. The van der Waals surface area contributed by atoms with Gasteiger partial charge < -0.3 is 15.4 Å². The van der Waals surface area contributed by atoms with Crippen molar-refractivity contribution in [1.82, 2.24) is 0 Å². The fraction of sp³-hybridized carbons (Fsp3) is 0.385. The highest BCUT2D eigenvalue weighted by atomic mass is 32.2. The van der Waals surface area contributed by atoms with Gasteiger partial charge in [-0.25, -0.2) is 0 Å². The maximum Gasteiger partial charge on any atom is 0.306 e. The summed E-state index contributed by atoms with van der Waals surface area (Å²) in [6, 6.07) is 7.10. The van der Waals surface area contributed by atoms with Gasteiger partial charge in [0.1, 0.15) is 0 Å². The van der Waals surface area contributed by atoms with Crippen LogP contribution in [0.2, 0.25) is 0 Å². The highest BCUT2D eigenvalue weighted by molar-refractivity contribution is 7.99. The minimum Gasteiger partial charge on any atom is -0.469 e. The van der Waals surface area contributed by atoms with Gasteiger partial charge in [0.05, 0.1) is 19.3 Å². The number of anilines is 2. The van der Waals surface area contributed by atoms with E-state index in [1.807, 2.05) is 0 Å². The molecule has 104 valence electrons. The number of nitrogen functional groups attached to an aromatic ring is 1. The Morgan fingerprint density at radius 2 is 1.95 bits per heavy atom. The van der Waals surface area contributed by atoms with Crippen molar-refractivity contribution in [2.24, 2.45) is 0 Å². The summed E-state index contributed by atoms with van der Waals surface area (Å²) in [7, 11) is 3.07. The van der Waals surface area contributed by atoms with Crippen molar-refractivity contribution in [3.05, 3.63) is 24.3 Å². The first-order valence-corrected chi connectivity index (χ1v) is 6.96. The van der Waals surface area contributed by atoms with Crippen LogP contribution in [0.1, 0.15) is 6.42 Å². The monoisotopic (exact) mass is 282 g/mol. The van der Waals surface area contributed by atoms with E-state index in [1.165, 1.54) is 18.9 Å². The molecule has 6 heteroatoms. The van der Waals surface area contributed by atoms with Gasteiger partial charge in [-0.1, -0.05) is 0 Å². The number of nitrogens with two attached hydrogens (primary N) is 1. The van der Waals surface area contributed by atoms with Crippen LogP contribution in [0.15, 0.2) is 24.3 Å². The van der Waals surface area contributed by atoms with Crippen molar-refractivity contribution in [3.63, 3.8) is 0 Å². The van der Waals surface area contributed by atoms with Gasteiger partial charge in [0.2, 0.25) is 5.91 Å². The van der Waals surface area contributed by atoms with Gasteiger partial charge in [0, 0.05) is 24.2 Å². The van der Waals surface area contributed by atoms with Crippen LogP contribution in [0.3, 0.4) is 0 Å². The maximum absolute atomic E-state index is 11.9. The van der Waals surface area contributed by atoms with E-state index in [1.54, 1.807) is 36.2 Å². The molecule has 0 aliphatic heterocycles. The molecule has 5 nitrogen and oxygen atoms in total. The lowest BCUT2D eigenvalue weighted by Gasteiger charge is -2.17. The molecule has 0 spiro atoms. The molecule has 0 aliphatic carbocycles. The number of nitrogens with zero attached hydrogens (tertiary/aromatic N) is 1. The summed E-state index contributed by atoms with van der Waals surface area (Å²) in [6.07, 6.45) is 0.319. The lowest BCUT2D eigenvalue weighted by atomic mass is 10.2. The first-order valence-electron chi connectivity index (χ1n) is 5.81. The number of hydrogen-bond donors (Lipinski definition) is 1. The van der Waals surface area contributed by atoms with Gasteiger partial charge in [0.25, 0.3) is 0 Å². The quantitative estimate of drug-likeness (QED) is 0.486. The number of thioether (sulfide) groups is 1. The van der Waals surface area contributed by atoms with Crippen molar-refractivity contribution < 1.29 is 14.3 Å². The third-order valence-corrected chi connectivity index (χ3v) is 3.50. The maximum atomic E-state index is 11.9. The van der Waals surface area contributed by atoms with Gasteiger partial charge in [-0.2, -0.15) is 11.8 Å². The second-order valence-corrected chi connectivity index (χ2v) is 5.03. The summed E-state index contributed by atoms with van der Waals surface area (Å²) < 4.78 is 4.53. The van der Waals surface area contributed by atoms with Crippen LogP contribution in [0.5, 0.6) is 0 Å². The van der Waals surface area contributed by atoms with Crippen LogP contribution in [-0.2, 0) is 14.3 Å². The molecule has 0 saturated carbocycles. The molecule has 0 unspecified atom stereocenters. The first kappa shape index (κ1) is 15.4. The van der Waals surface area contributed by atoms with Crippen LogP contribution in [0.4, 0.5) is 11.4 Å². The summed E-state index contributed by atoms with van der Waals surface area (Å²) in [5, 5.41) is 0. The van der Waals surface area contributed by atoms with Crippen molar-refractivity contribution >= 4 is 35.0 Å². The number of ether oxygens (including phenoxy) is 1. The van der Waals surface area contributed by atoms with Gasteiger partial charge in [-0.05, 0) is 24.3 Å². The summed E-state index contributed by atoms with van der Waals surface area (Å²) in [4.78, 5) is 24.4. The standard InChI is InChI=1S/C13H18N2O3S/c1-15(11-5-3-10(14)4-6-11)12(16)9-19-8-7-13(17)18-2/h3-6H,7-9,14H2,1-2H3. The average Bonchev–Trinajstić information content (AvgIpc) is 2.43. The molecule has 1 rings (SSSR count). The van der Waals surface area contributed by atoms with Crippen molar-refractivity contribution in [1.29, 1.82) is 0 Å². The van der Waals surface area contributed by atoms with E-state index in [-0.39, 0.29) is 11.9 Å². The Morgan fingerprint density at radius 1 is 1.32 bits per heavy atom. The Bertz CT molecular complexity index is 434.